The van der Waals surface area contributed by atoms with E-state index < -0.39 is 0 Å². The van der Waals surface area contributed by atoms with E-state index in [0.29, 0.717) is 23.1 Å². The van der Waals surface area contributed by atoms with Gasteiger partial charge in [-0.2, -0.15) is 0 Å². The molecule has 0 bridgehead atoms. The summed E-state index contributed by atoms with van der Waals surface area (Å²) >= 11 is 11.1. The summed E-state index contributed by atoms with van der Waals surface area (Å²) in [5, 5.41) is 15.9. The van der Waals surface area contributed by atoms with Crippen LogP contribution in [0.3, 0.4) is 0 Å². The van der Waals surface area contributed by atoms with E-state index >= 15 is 0 Å². The lowest BCUT2D eigenvalue weighted by molar-refractivity contribution is 0.289. The summed E-state index contributed by atoms with van der Waals surface area (Å²) in [6.45, 7) is 2.74. The third kappa shape index (κ3) is 3.96. The molecule has 0 amide bonds. The Balaban J connectivity index is 2.53. The van der Waals surface area contributed by atoms with Crippen LogP contribution in [0.2, 0.25) is 5.02 Å². The Labute approximate surface area is 106 Å². The normalized spacial score (nSPS) is 9.94. The Hall–Kier alpha value is -0.840. The van der Waals surface area contributed by atoms with Crippen molar-refractivity contribution >= 4 is 34.6 Å². The van der Waals surface area contributed by atoms with Gasteiger partial charge in [0.15, 0.2) is 5.11 Å². The van der Waals surface area contributed by atoms with Crippen LogP contribution in [-0.2, 0) is 0 Å². The molecule has 0 unspecified atom stereocenters. The van der Waals surface area contributed by atoms with Gasteiger partial charge in [0.2, 0.25) is 0 Å². The second kappa shape index (κ2) is 6.68. The van der Waals surface area contributed by atoms with Crippen molar-refractivity contribution in [3.05, 3.63) is 28.8 Å². The number of hydrogen-bond donors (Lipinski definition) is 3. The van der Waals surface area contributed by atoms with E-state index in [1.807, 2.05) is 25.1 Å². The summed E-state index contributed by atoms with van der Waals surface area (Å²) in [7, 11) is 0. The molecule has 3 nitrogen and oxygen atoms in total. The van der Waals surface area contributed by atoms with Gasteiger partial charge in [-0.3, -0.25) is 0 Å². The van der Waals surface area contributed by atoms with Crippen LogP contribution >= 0.6 is 23.8 Å². The number of anilines is 1. The molecule has 16 heavy (non-hydrogen) atoms. The molecule has 0 fully saturated rings. The second-order valence-corrected chi connectivity index (χ2v) is 4.19. The molecular formula is C11H15ClN2OS. The third-order valence-corrected chi connectivity index (χ3v) is 2.79. The highest BCUT2D eigenvalue weighted by molar-refractivity contribution is 7.80. The van der Waals surface area contributed by atoms with Gasteiger partial charge >= 0.3 is 0 Å². The minimum absolute atomic E-state index is 0.159. The van der Waals surface area contributed by atoms with Crippen molar-refractivity contribution in [1.82, 2.24) is 5.32 Å². The Kier molecular flexibility index (Phi) is 5.52. The van der Waals surface area contributed by atoms with Gasteiger partial charge in [-0.15, -0.1) is 0 Å². The molecule has 0 radical (unpaired) electrons. The quantitative estimate of drug-likeness (QED) is 0.573. The van der Waals surface area contributed by atoms with Gasteiger partial charge in [-0.25, -0.2) is 0 Å². The Morgan fingerprint density at radius 2 is 2.25 bits per heavy atom. The number of thiocarbonyl (C=S) groups is 1. The minimum atomic E-state index is 0.159. The zero-order valence-corrected chi connectivity index (χ0v) is 10.7. The van der Waals surface area contributed by atoms with Crippen LogP contribution in [0.25, 0.3) is 0 Å². The molecule has 3 N–H and O–H groups in total. The minimum Gasteiger partial charge on any atom is -0.396 e. The highest BCUT2D eigenvalue weighted by Crippen LogP contribution is 2.22. The molecule has 1 aromatic carbocycles. The molecule has 5 heteroatoms. The number of benzene rings is 1. The SMILES string of the molecule is Cc1c(Cl)cccc1NC(=S)NCCCO. The average Bonchev–Trinajstić information content (AvgIpc) is 2.25. The maximum Gasteiger partial charge on any atom is 0.170 e. The van der Waals surface area contributed by atoms with Gasteiger partial charge in [-0.05, 0) is 43.3 Å². The molecule has 0 saturated carbocycles. The molecule has 0 aliphatic carbocycles. The van der Waals surface area contributed by atoms with Crippen LogP contribution in [-0.4, -0.2) is 23.4 Å². The van der Waals surface area contributed by atoms with Crippen LogP contribution in [0.15, 0.2) is 18.2 Å². The molecular weight excluding hydrogens is 244 g/mol. The van der Waals surface area contributed by atoms with Gasteiger partial charge < -0.3 is 15.7 Å². The lowest BCUT2D eigenvalue weighted by Gasteiger charge is -2.12. The molecule has 1 rings (SSSR count). The maximum atomic E-state index is 8.63. The molecule has 0 saturated heterocycles. The molecule has 1 aromatic rings. The van der Waals surface area contributed by atoms with E-state index in [4.69, 9.17) is 28.9 Å². The van der Waals surface area contributed by atoms with Crippen molar-refractivity contribution in [2.75, 3.05) is 18.5 Å². The van der Waals surface area contributed by atoms with E-state index in [1.165, 1.54) is 0 Å². The predicted molar refractivity (Wildman–Crippen MR) is 72.1 cm³/mol. The topological polar surface area (TPSA) is 44.3 Å². The molecule has 0 aliphatic rings. The fraction of sp³-hybridized carbons (Fsp3) is 0.364. The summed E-state index contributed by atoms with van der Waals surface area (Å²) in [6, 6.07) is 5.62. The average molecular weight is 259 g/mol. The number of rotatable bonds is 4. The van der Waals surface area contributed by atoms with Crippen molar-refractivity contribution in [2.24, 2.45) is 0 Å². The molecule has 0 spiro atoms. The first-order valence-electron chi connectivity index (χ1n) is 5.06. The van der Waals surface area contributed by atoms with E-state index in [9.17, 15) is 0 Å². The van der Waals surface area contributed by atoms with Gasteiger partial charge in [0.05, 0.1) is 0 Å². The molecule has 0 heterocycles. The fourth-order valence-electron chi connectivity index (χ4n) is 1.19. The van der Waals surface area contributed by atoms with Crippen LogP contribution in [0.5, 0.6) is 0 Å². The Bertz CT molecular complexity index is 371. The smallest absolute Gasteiger partial charge is 0.170 e. The zero-order valence-electron chi connectivity index (χ0n) is 9.09. The van der Waals surface area contributed by atoms with Gasteiger partial charge in [0.1, 0.15) is 0 Å². The van der Waals surface area contributed by atoms with Crippen molar-refractivity contribution in [3.8, 4) is 0 Å². The van der Waals surface area contributed by atoms with Crippen LogP contribution in [0, 0.1) is 6.92 Å². The molecule has 88 valence electrons. The number of aliphatic hydroxyl groups is 1. The monoisotopic (exact) mass is 258 g/mol. The van der Waals surface area contributed by atoms with Crippen molar-refractivity contribution in [1.29, 1.82) is 0 Å². The number of aliphatic hydroxyl groups excluding tert-OH is 1. The van der Waals surface area contributed by atoms with Gasteiger partial charge in [-0.1, -0.05) is 17.7 Å². The van der Waals surface area contributed by atoms with E-state index in [1.54, 1.807) is 0 Å². The maximum absolute atomic E-state index is 8.63. The fourth-order valence-corrected chi connectivity index (χ4v) is 1.58. The Morgan fingerprint density at radius 1 is 1.50 bits per heavy atom. The first kappa shape index (κ1) is 13.2. The van der Waals surface area contributed by atoms with Gasteiger partial charge in [0.25, 0.3) is 0 Å². The molecule has 0 atom stereocenters. The van der Waals surface area contributed by atoms with Crippen molar-refractivity contribution in [3.63, 3.8) is 0 Å². The predicted octanol–water partition coefficient (Wildman–Crippen LogP) is 2.32. The number of hydrogen-bond acceptors (Lipinski definition) is 2. The van der Waals surface area contributed by atoms with Crippen LogP contribution in [0.4, 0.5) is 5.69 Å². The second-order valence-electron chi connectivity index (χ2n) is 3.37. The van der Waals surface area contributed by atoms with E-state index in [0.717, 1.165) is 11.3 Å². The molecule has 0 aromatic heterocycles. The van der Waals surface area contributed by atoms with Crippen molar-refractivity contribution in [2.45, 2.75) is 13.3 Å². The van der Waals surface area contributed by atoms with E-state index in [2.05, 4.69) is 10.6 Å². The summed E-state index contributed by atoms with van der Waals surface area (Å²) in [4.78, 5) is 0. The Morgan fingerprint density at radius 3 is 2.94 bits per heavy atom. The van der Waals surface area contributed by atoms with Crippen molar-refractivity contribution < 1.29 is 5.11 Å². The number of nitrogens with one attached hydrogen (secondary N) is 2. The summed E-state index contributed by atoms with van der Waals surface area (Å²) in [5.74, 6) is 0. The lowest BCUT2D eigenvalue weighted by atomic mass is 10.2. The highest BCUT2D eigenvalue weighted by Gasteiger charge is 2.03. The summed E-state index contributed by atoms with van der Waals surface area (Å²) in [5.41, 5.74) is 1.87. The largest absolute Gasteiger partial charge is 0.396 e. The van der Waals surface area contributed by atoms with Crippen LogP contribution < -0.4 is 10.6 Å². The first-order chi connectivity index (χ1) is 7.65. The van der Waals surface area contributed by atoms with E-state index in [-0.39, 0.29) is 6.61 Å². The first-order valence-corrected chi connectivity index (χ1v) is 5.84. The lowest BCUT2D eigenvalue weighted by Crippen LogP contribution is -2.29. The highest BCUT2D eigenvalue weighted by atomic mass is 35.5. The van der Waals surface area contributed by atoms with Crippen LogP contribution in [0.1, 0.15) is 12.0 Å². The molecule has 0 aliphatic heterocycles. The van der Waals surface area contributed by atoms with Gasteiger partial charge in [0, 0.05) is 23.9 Å². The third-order valence-electron chi connectivity index (χ3n) is 2.14. The summed E-state index contributed by atoms with van der Waals surface area (Å²) < 4.78 is 0. The number of halogens is 1. The standard InChI is InChI=1S/C11H15ClN2OS/c1-8-9(12)4-2-5-10(8)14-11(16)13-6-3-7-15/h2,4-5,15H,3,6-7H2,1H3,(H2,13,14,16). The summed E-state index contributed by atoms with van der Waals surface area (Å²) in [6.07, 6.45) is 0.677. The zero-order chi connectivity index (χ0) is 12.0.